The third kappa shape index (κ3) is 3.14. The van der Waals surface area contributed by atoms with Crippen LogP contribution in [0.3, 0.4) is 0 Å². The largest absolute Gasteiger partial charge is 0.338 e. The fraction of sp³-hybridized carbons (Fsp3) is 0.467. The molecular formula is C15H18IN3O2. The number of hydrogen-bond acceptors (Lipinski definition) is 2. The Morgan fingerprint density at radius 3 is 2.62 bits per heavy atom. The maximum Gasteiger partial charge on any atom is 0.317 e. The third-order valence-electron chi connectivity index (χ3n) is 4.15. The van der Waals surface area contributed by atoms with Gasteiger partial charge in [-0.3, -0.25) is 4.79 Å². The molecule has 2 heterocycles. The summed E-state index contributed by atoms with van der Waals surface area (Å²) in [6.07, 6.45) is 1.73. The molecule has 3 amide bonds. The van der Waals surface area contributed by atoms with Crippen molar-refractivity contribution in [1.29, 1.82) is 0 Å². The molecular weight excluding hydrogens is 381 g/mol. The van der Waals surface area contributed by atoms with Gasteiger partial charge in [-0.15, -0.1) is 0 Å². The normalized spacial score (nSPS) is 19.8. The molecule has 0 aromatic heterocycles. The monoisotopic (exact) mass is 399 g/mol. The van der Waals surface area contributed by atoms with Gasteiger partial charge >= 0.3 is 6.03 Å². The van der Waals surface area contributed by atoms with Crippen LogP contribution in [-0.4, -0.2) is 54.0 Å². The van der Waals surface area contributed by atoms with E-state index >= 15 is 0 Å². The highest BCUT2D eigenvalue weighted by Crippen LogP contribution is 2.20. The number of halogens is 1. The summed E-state index contributed by atoms with van der Waals surface area (Å²) in [4.78, 5) is 28.0. The van der Waals surface area contributed by atoms with Gasteiger partial charge in [0.1, 0.15) is 0 Å². The first-order chi connectivity index (χ1) is 10.1. The molecule has 0 radical (unpaired) electrons. The molecule has 0 unspecified atom stereocenters. The van der Waals surface area contributed by atoms with Crippen molar-refractivity contribution in [1.82, 2.24) is 15.1 Å². The van der Waals surface area contributed by atoms with Crippen molar-refractivity contribution in [2.75, 3.05) is 26.2 Å². The molecule has 21 heavy (non-hydrogen) atoms. The maximum absolute atomic E-state index is 12.5. The van der Waals surface area contributed by atoms with Crippen molar-refractivity contribution >= 4 is 34.5 Å². The smallest absolute Gasteiger partial charge is 0.317 e. The highest BCUT2D eigenvalue weighted by molar-refractivity contribution is 14.1. The molecule has 6 heteroatoms. The van der Waals surface area contributed by atoms with E-state index in [2.05, 4.69) is 27.9 Å². The predicted molar refractivity (Wildman–Crippen MR) is 88.2 cm³/mol. The van der Waals surface area contributed by atoms with Crippen molar-refractivity contribution in [3.05, 3.63) is 33.4 Å². The van der Waals surface area contributed by atoms with E-state index in [1.54, 1.807) is 0 Å². The summed E-state index contributed by atoms with van der Waals surface area (Å²) in [6, 6.07) is 7.99. The number of nitrogens with one attached hydrogen (secondary N) is 1. The van der Waals surface area contributed by atoms with Crippen LogP contribution in [0.15, 0.2) is 24.3 Å². The number of carbonyl (C=O) groups excluding carboxylic acids is 2. The Morgan fingerprint density at radius 2 is 2.00 bits per heavy atom. The summed E-state index contributed by atoms with van der Waals surface area (Å²) in [6.45, 7) is 2.96. The molecule has 0 atom stereocenters. The van der Waals surface area contributed by atoms with Crippen LogP contribution >= 0.6 is 22.6 Å². The Balaban J connectivity index is 1.60. The fourth-order valence-electron chi connectivity index (χ4n) is 3.02. The molecule has 0 aliphatic carbocycles. The number of nitrogens with zero attached hydrogens (tertiary/aromatic N) is 2. The summed E-state index contributed by atoms with van der Waals surface area (Å²) in [5.74, 6) is 0.0952. The molecule has 2 aliphatic rings. The number of carbonyl (C=O) groups is 2. The van der Waals surface area contributed by atoms with E-state index in [1.165, 1.54) is 0 Å². The van der Waals surface area contributed by atoms with Gasteiger partial charge in [0, 0.05) is 41.4 Å². The highest BCUT2D eigenvalue weighted by Gasteiger charge is 2.32. The van der Waals surface area contributed by atoms with Gasteiger partial charge in [-0.05, 0) is 53.6 Å². The highest BCUT2D eigenvalue weighted by atomic mass is 127. The molecule has 5 nitrogen and oxygen atoms in total. The lowest BCUT2D eigenvalue weighted by atomic mass is 10.0. The number of rotatable bonds is 2. The van der Waals surface area contributed by atoms with Gasteiger partial charge in [0.25, 0.3) is 5.91 Å². The first kappa shape index (κ1) is 14.6. The van der Waals surface area contributed by atoms with Crippen molar-refractivity contribution < 1.29 is 9.59 Å². The topological polar surface area (TPSA) is 52.7 Å². The quantitative estimate of drug-likeness (QED) is 0.773. The summed E-state index contributed by atoms with van der Waals surface area (Å²) in [5, 5.41) is 2.84. The van der Waals surface area contributed by atoms with Crippen LogP contribution < -0.4 is 5.32 Å². The van der Waals surface area contributed by atoms with Gasteiger partial charge < -0.3 is 15.1 Å². The zero-order chi connectivity index (χ0) is 14.8. The van der Waals surface area contributed by atoms with Crippen molar-refractivity contribution in [2.45, 2.75) is 18.9 Å². The lowest BCUT2D eigenvalue weighted by Crippen LogP contribution is -2.47. The van der Waals surface area contributed by atoms with Crippen LogP contribution in [0.25, 0.3) is 0 Å². The molecule has 1 N–H and O–H groups in total. The Bertz CT molecular complexity index is 556. The average Bonchev–Trinajstić information content (AvgIpc) is 2.93. The molecule has 0 spiro atoms. The van der Waals surface area contributed by atoms with Crippen LogP contribution in [-0.2, 0) is 0 Å². The van der Waals surface area contributed by atoms with E-state index in [4.69, 9.17) is 0 Å². The van der Waals surface area contributed by atoms with Gasteiger partial charge in [0.05, 0.1) is 0 Å². The Labute approximate surface area is 137 Å². The second kappa shape index (κ2) is 6.21. The van der Waals surface area contributed by atoms with Gasteiger partial charge in [-0.1, -0.05) is 6.07 Å². The minimum Gasteiger partial charge on any atom is -0.338 e. The number of likely N-dealkylation sites (tertiary alicyclic amines) is 1. The Morgan fingerprint density at radius 1 is 1.24 bits per heavy atom. The molecule has 2 aliphatic heterocycles. The average molecular weight is 399 g/mol. The molecule has 2 saturated heterocycles. The number of urea groups is 1. The molecule has 0 bridgehead atoms. The van der Waals surface area contributed by atoms with Gasteiger partial charge in [-0.25, -0.2) is 4.79 Å². The van der Waals surface area contributed by atoms with Crippen LogP contribution in [0, 0.1) is 3.57 Å². The first-order valence-corrected chi connectivity index (χ1v) is 8.32. The molecule has 2 fully saturated rings. The molecule has 3 rings (SSSR count). The van der Waals surface area contributed by atoms with E-state index in [-0.39, 0.29) is 18.0 Å². The SMILES string of the molecule is O=C(c1cccc(I)c1)N1CCC(N2CCNC2=O)CC1. The zero-order valence-corrected chi connectivity index (χ0v) is 13.9. The summed E-state index contributed by atoms with van der Waals surface area (Å²) < 4.78 is 1.07. The molecule has 0 saturated carbocycles. The number of hydrogen-bond donors (Lipinski definition) is 1. The van der Waals surface area contributed by atoms with Crippen molar-refractivity contribution in [3.63, 3.8) is 0 Å². The maximum atomic E-state index is 12.5. The zero-order valence-electron chi connectivity index (χ0n) is 11.7. The lowest BCUT2D eigenvalue weighted by molar-refractivity contribution is 0.0666. The van der Waals surface area contributed by atoms with Gasteiger partial charge in [-0.2, -0.15) is 0 Å². The number of piperidine rings is 1. The van der Waals surface area contributed by atoms with Crippen molar-refractivity contribution in [2.24, 2.45) is 0 Å². The van der Waals surface area contributed by atoms with Crippen molar-refractivity contribution in [3.8, 4) is 0 Å². The van der Waals surface area contributed by atoms with E-state index < -0.39 is 0 Å². The van der Waals surface area contributed by atoms with E-state index in [0.717, 1.165) is 48.2 Å². The first-order valence-electron chi connectivity index (χ1n) is 7.24. The summed E-state index contributed by atoms with van der Waals surface area (Å²) in [5.41, 5.74) is 0.749. The standard InChI is InChI=1S/C15H18IN3O2/c16-12-3-1-2-11(10-12)14(20)18-7-4-13(5-8-18)19-9-6-17-15(19)21/h1-3,10,13H,4-9H2,(H,17,21). The Hall–Kier alpha value is -1.31. The van der Waals surface area contributed by atoms with Crippen LogP contribution in [0.5, 0.6) is 0 Å². The molecule has 1 aromatic rings. The summed E-state index contributed by atoms with van der Waals surface area (Å²) in [7, 11) is 0. The van der Waals surface area contributed by atoms with Gasteiger partial charge in [0.15, 0.2) is 0 Å². The minimum absolute atomic E-state index is 0.0392. The molecule has 112 valence electrons. The fourth-order valence-corrected chi connectivity index (χ4v) is 3.56. The van der Waals surface area contributed by atoms with Crippen LogP contribution in [0.2, 0.25) is 0 Å². The van der Waals surface area contributed by atoms with E-state index in [9.17, 15) is 9.59 Å². The second-order valence-electron chi connectivity index (χ2n) is 5.46. The number of amides is 3. The summed E-state index contributed by atoms with van der Waals surface area (Å²) >= 11 is 2.22. The van der Waals surface area contributed by atoms with E-state index in [0.29, 0.717) is 0 Å². The second-order valence-corrected chi connectivity index (χ2v) is 6.70. The van der Waals surface area contributed by atoms with Crippen LogP contribution in [0.1, 0.15) is 23.2 Å². The molecule has 1 aromatic carbocycles. The predicted octanol–water partition coefficient (Wildman–Crippen LogP) is 1.92. The minimum atomic E-state index is 0.0392. The number of benzene rings is 1. The van der Waals surface area contributed by atoms with Crippen LogP contribution in [0.4, 0.5) is 4.79 Å². The Kier molecular flexibility index (Phi) is 4.32. The lowest BCUT2D eigenvalue weighted by Gasteiger charge is -2.36. The third-order valence-corrected chi connectivity index (χ3v) is 4.82. The van der Waals surface area contributed by atoms with Gasteiger partial charge in [0.2, 0.25) is 0 Å². The van der Waals surface area contributed by atoms with E-state index in [1.807, 2.05) is 34.1 Å².